The molecule has 0 saturated carbocycles. The van der Waals surface area contributed by atoms with Gasteiger partial charge < -0.3 is 15.0 Å². The molecule has 6 nitrogen and oxygen atoms in total. The number of hydrogen-bond donors (Lipinski definition) is 1. The largest absolute Gasteiger partial charge is 0.448 e. The van der Waals surface area contributed by atoms with Crippen molar-refractivity contribution in [3.63, 3.8) is 0 Å². The Bertz CT molecular complexity index is 893. The van der Waals surface area contributed by atoms with E-state index in [1.165, 1.54) is 0 Å². The van der Waals surface area contributed by atoms with Crippen LogP contribution < -0.4 is 10.2 Å². The number of cyclic esters (lactones) is 1. The van der Waals surface area contributed by atoms with E-state index in [0.29, 0.717) is 30.6 Å². The van der Waals surface area contributed by atoms with Crippen molar-refractivity contribution in [2.75, 3.05) is 16.8 Å². The first-order chi connectivity index (χ1) is 12.6. The van der Waals surface area contributed by atoms with E-state index < -0.39 is 12.1 Å². The molecule has 1 fully saturated rings. The van der Waals surface area contributed by atoms with Gasteiger partial charge in [-0.3, -0.25) is 9.59 Å². The highest BCUT2D eigenvalue weighted by molar-refractivity contribution is 6.01. The molecule has 132 valence electrons. The van der Waals surface area contributed by atoms with Gasteiger partial charge in [0.15, 0.2) is 6.10 Å². The summed E-state index contributed by atoms with van der Waals surface area (Å²) in [6, 6.07) is 14.3. The van der Waals surface area contributed by atoms with Crippen LogP contribution in [0.25, 0.3) is 0 Å². The molecule has 1 saturated heterocycles. The molecule has 0 aromatic heterocycles. The first kappa shape index (κ1) is 16.3. The van der Waals surface area contributed by atoms with Crippen molar-refractivity contribution in [3.05, 3.63) is 59.7 Å². The van der Waals surface area contributed by atoms with Gasteiger partial charge in [0.05, 0.1) is 5.56 Å². The van der Waals surface area contributed by atoms with Crippen molar-refractivity contribution in [2.45, 2.75) is 25.4 Å². The Labute approximate surface area is 150 Å². The fraction of sp³-hybridized carbons (Fsp3) is 0.250. The third-order valence-corrected chi connectivity index (χ3v) is 4.68. The van der Waals surface area contributed by atoms with Crippen molar-refractivity contribution in [1.29, 1.82) is 0 Å². The Morgan fingerprint density at radius 2 is 1.96 bits per heavy atom. The second-order valence-corrected chi connectivity index (χ2v) is 6.44. The lowest BCUT2D eigenvalue weighted by molar-refractivity contribution is -0.125. The molecule has 0 bridgehead atoms. The van der Waals surface area contributed by atoms with Gasteiger partial charge in [0.2, 0.25) is 5.91 Å². The van der Waals surface area contributed by atoms with Crippen LogP contribution in [0.2, 0.25) is 0 Å². The number of nitrogens with zero attached hydrogens (tertiary/aromatic N) is 1. The molecule has 1 atom stereocenters. The Hall–Kier alpha value is -3.15. The molecule has 2 aliphatic heterocycles. The van der Waals surface area contributed by atoms with Crippen molar-refractivity contribution >= 4 is 29.2 Å². The highest BCUT2D eigenvalue weighted by Crippen LogP contribution is 2.25. The second kappa shape index (κ2) is 6.63. The van der Waals surface area contributed by atoms with Gasteiger partial charge in [0, 0.05) is 30.8 Å². The van der Waals surface area contributed by atoms with Crippen LogP contribution in [0.15, 0.2) is 48.5 Å². The standard InChI is InChI=1S/C20H18N2O4/c23-18-9-4-10-22(18)15-7-3-6-14(12-15)21-19(24)17-11-13-5-1-2-8-16(13)20(25)26-17/h1-3,5-8,12,17H,4,9-11H2,(H,21,24). The maximum absolute atomic E-state index is 12.6. The van der Waals surface area contributed by atoms with Crippen molar-refractivity contribution < 1.29 is 19.1 Å². The van der Waals surface area contributed by atoms with Crippen LogP contribution in [0.4, 0.5) is 11.4 Å². The number of esters is 1. The van der Waals surface area contributed by atoms with Crippen LogP contribution in [-0.4, -0.2) is 30.4 Å². The molecule has 2 aliphatic rings. The lowest BCUT2D eigenvalue weighted by atomic mass is 9.98. The number of benzene rings is 2. The van der Waals surface area contributed by atoms with Gasteiger partial charge >= 0.3 is 5.97 Å². The third-order valence-electron chi connectivity index (χ3n) is 4.68. The van der Waals surface area contributed by atoms with E-state index in [0.717, 1.165) is 17.7 Å². The second-order valence-electron chi connectivity index (χ2n) is 6.44. The summed E-state index contributed by atoms with van der Waals surface area (Å²) in [5.41, 5.74) is 2.64. The molecule has 6 heteroatoms. The smallest absolute Gasteiger partial charge is 0.339 e. The molecule has 0 spiro atoms. The quantitative estimate of drug-likeness (QED) is 0.863. The third kappa shape index (κ3) is 3.06. The van der Waals surface area contributed by atoms with Crippen molar-refractivity contribution in [1.82, 2.24) is 0 Å². The summed E-state index contributed by atoms with van der Waals surface area (Å²) < 4.78 is 5.28. The van der Waals surface area contributed by atoms with Crippen LogP contribution >= 0.6 is 0 Å². The minimum absolute atomic E-state index is 0.0892. The van der Waals surface area contributed by atoms with Gasteiger partial charge in [0.25, 0.3) is 5.91 Å². The van der Waals surface area contributed by atoms with Crippen LogP contribution in [0.1, 0.15) is 28.8 Å². The zero-order valence-electron chi connectivity index (χ0n) is 14.1. The first-order valence-electron chi connectivity index (χ1n) is 8.62. The Balaban J connectivity index is 1.49. The summed E-state index contributed by atoms with van der Waals surface area (Å²) in [4.78, 5) is 38.2. The zero-order valence-corrected chi connectivity index (χ0v) is 14.1. The number of ether oxygens (including phenoxy) is 1. The van der Waals surface area contributed by atoms with E-state index in [9.17, 15) is 14.4 Å². The van der Waals surface area contributed by atoms with Crippen LogP contribution in [0, 0.1) is 0 Å². The molecule has 0 radical (unpaired) electrons. The van der Waals surface area contributed by atoms with Crippen LogP contribution in [-0.2, 0) is 20.7 Å². The number of nitrogens with one attached hydrogen (secondary N) is 1. The fourth-order valence-electron chi connectivity index (χ4n) is 3.37. The van der Waals surface area contributed by atoms with Gasteiger partial charge in [-0.25, -0.2) is 4.79 Å². The number of hydrogen-bond acceptors (Lipinski definition) is 4. The van der Waals surface area contributed by atoms with E-state index in [4.69, 9.17) is 4.74 Å². The van der Waals surface area contributed by atoms with E-state index in [2.05, 4.69) is 5.32 Å². The monoisotopic (exact) mass is 350 g/mol. The number of fused-ring (bicyclic) bond motifs is 1. The van der Waals surface area contributed by atoms with Crippen LogP contribution in [0.3, 0.4) is 0 Å². The summed E-state index contributed by atoms with van der Waals surface area (Å²) in [6.07, 6.45) is 0.869. The number of carbonyl (C=O) groups is 3. The summed E-state index contributed by atoms with van der Waals surface area (Å²) in [7, 11) is 0. The Morgan fingerprint density at radius 3 is 2.77 bits per heavy atom. The van der Waals surface area contributed by atoms with E-state index in [-0.39, 0.29) is 11.8 Å². The molecule has 2 aromatic carbocycles. The summed E-state index contributed by atoms with van der Waals surface area (Å²) in [6.45, 7) is 0.688. The van der Waals surface area contributed by atoms with Crippen LogP contribution in [0.5, 0.6) is 0 Å². The van der Waals surface area contributed by atoms with Gasteiger partial charge in [-0.05, 0) is 36.2 Å². The lowest BCUT2D eigenvalue weighted by Gasteiger charge is -2.24. The lowest BCUT2D eigenvalue weighted by Crippen LogP contribution is -2.38. The number of rotatable bonds is 3. The Morgan fingerprint density at radius 1 is 1.12 bits per heavy atom. The Kier molecular flexibility index (Phi) is 4.16. The predicted octanol–water partition coefficient (Wildman–Crippen LogP) is 2.53. The molecule has 0 aliphatic carbocycles. The molecule has 2 aromatic rings. The zero-order chi connectivity index (χ0) is 18.1. The van der Waals surface area contributed by atoms with Gasteiger partial charge in [-0.2, -0.15) is 0 Å². The topological polar surface area (TPSA) is 75.7 Å². The van der Waals surface area contributed by atoms with E-state index in [1.807, 2.05) is 18.2 Å². The average molecular weight is 350 g/mol. The molecule has 1 unspecified atom stereocenters. The highest BCUT2D eigenvalue weighted by atomic mass is 16.5. The SMILES string of the molecule is O=C1OC(C(=O)Nc2cccc(N3CCCC3=O)c2)Cc2ccccc21. The van der Waals surface area contributed by atoms with Crippen molar-refractivity contribution in [3.8, 4) is 0 Å². The molecule has 26 heavy (non-hydrogen) atoms. The average Bonchev–Trinajstić information content (AvgIpc) is 3.08. The molecule has 1 N–H and O–H groups in total. The number of anilines is 2. The molecule has 4 rings (SSSR count). The molecule has 2 amide bonds. The highest BCUT2D eigenvalue weighted by Gasteiger charge is 2.31. The summed E-state index contributed by atoms with van der Waals surface area (Å²) in [5.74, 6) is -0.771. The van der Waals surface area contributed by atoms with Crippen molar-refractivity contribution in [2.24, 2.45) is 0 Å². The number of amides is 2. The minimum atomic E-state index is -0.866. The van der Waals surface area contributed by atoms with E-state index >= 15 is 0 Å². The minimum Gasteiger partial charge on any atom is -0.448 e. The van der Waals surface area contributed by atoms with Gasteiger partial charge in [-0.1, -0.05) is 24.3 Å². The summed E-state index contributed by atoms with van der Waals surface area (Å²) >= 11 is 0. The maximum atomic E-state index is 12.6. The molecular formula is C20H18N2O4. The number of carbonyl (C=O) groups excluding carboxylic acids is 3. The summed E-state index contributed by atoms with van der Waals surface area (Å²) in [5, 5.41) is 2.79. The molecule has 2 heterocycles. The maximum Gasteiger partial charge on any atom is 0.339 e. The normalized spacial score (nSPS) is 19.1. The fourth-order valence-corrected chi connectivity index (χ4v) is 3.37. The predicted molar refractivity (Wildman–Crippen MR) is 96.0 cm³/mol. The van der Waals surface area contributed by atoms with Gasteiger partial charge in [0.1, 0.15) is 0 Å². The van der Waals surface area contributed by atoms with E-state index in [1.54, 1.807) is 35.2 Å². The molecular weight excluding hydrogens is 332 g/mol. The van der Waals surface area contributed by atoms with Gasteiger partial charge in [-0.15, -0.1) is 0 Å². The first-order valence-corrected chi connectivity index (χ1v) is 8.62.